The molecule has 1 saturated heterocycles. The normalized spacial score (nSPS) is 26.7. The molecule has 1 fully saturated rings. The molecule has 1 atom stereocenters. The maximum absolute atomic E-state index is 6.48. The Morgan fingerprint density at radius 3 is 2.80 bits per heavy atom. The third-order valence-corrected chi connectivity index (χ3v) is 5.64. The molecule has 1 spiro atoms. The van der Waals surface area contributed by atoms with E-state index in [-0.39, 0.29) is 5.60 Å². The molecular weight excluding hydrogens is 335 g/mol. The number of allylic oxidation sites excluding steroid dienone is 1. The standard InChI is InChI=1S/C17H22NO.Ru/c1-13-5-6-16-15(11-13)14(2)12-17(19-16)7-4-9-18(3)10-8-17;/h5-6,12H,4,7-10H2,1-3H3;. The Labute approximate surface area is 131 Å². The second-order valence-electron chi connectivity index (χ2n) is 6.21. The van der Waals surface area contributed by atoms with Gasteiger partial charge in [-0.05, 0) is 0 Å². The molecular formula is C17H22NORu. The van der Waals surface area contributed by atoms with Crippen molar-refractivity contribution < 1.29 is 23.0 Å². The molecule has 1 aromatic carbocycles. The van der Waals surface area contributed by atoms with E-state index in [1.165, 1.54) is 33.8 Å². The number of rotatable bonds is 0. The van der Waals surface area contributed by atoms with E-state index >= 15 is 0 Å². The summed E-state index contributed by atoms with van der Waals surface area (Å²) in [6.45, 7) is 6.67. The number of aryl methyl sites for hydroxylation is 1. The quantitative estimate of drug-likeness (QED) is 0.662. The van der Waals surface area contributed by atoms with E-state index in [4.69, 9.17) is 4.74 Å². The Balaban J connectivity index is 2.01. The van der Waals surface area contributed by atoms with Crippen molar-refractivity contribution in [1.29, 1.82) is 0 Å². The van der Waals surface area contributed by atoms with Gasteiger partial charge in [0.1, 0.15) is 0 Å². The zero-order chi connectivity index (χ0) is 14.3. The fourth-order valence-electron chi connectivity index (χ4n) is 3.33. The van der Waals surface area contributed by atoms with Gasteiger partial charge in [0.25, 0.3) is 0 Å². The summed E-state index contributed by atoms with van der Waals surface area (Å²) in [6.07, 6.45) is 5.79. The molecule has 2 heterocycles. The van der Waals surface area contributed by atoms with E-state index in [1.54, 1.807) is 0 Å². The minimum absolute atomic E-state index is 0.0876. The monoisotopic (exact) mass is 358 g/mol. The second-order valence-corrected chi connectivity index (χ2v) is 7.08. The SMILES string of the molecule is CC1=CC2(CCCN(C)CC2)Oc2ccc(C)[c]([Ru])c21. The number of hydrogen-bond donors (Lipinski definition) is 0. The summed E-state index contributed by atoms with van der Waals surface area (Å²) < 4.78 is 7.77. The van der Waals surface area contributed by atoms with Crippen molar-refractivity contribution in [1.82, 2.24) is 4.90 Å². The molecule has 2 aliphatic heterocycles. The van der Waals surface area contributed by atoms with Crippen molar-refractivity contribution in [2.45, 2.75) is 38.7 Å². The summed E-state index contributed by atoms with van der Waals surface area (Å²) in [5.41, 5.74) is 3.88. The third kappa shape index (κ3) is 2.47. The van der Waals surface area contributed by atoms with Gasteiger partial charge in [-0.1, -0.05) is 0 Å². The predicted molar refractivity (Wildman–Crippen MR) is 79.2 cm³/mol. The van der Waals surface area contributed by atoms with Crippen molar-refractivity contribution in [3.63, 3.8) is 0 Å². The molecule has 20 heavy (non-hydrogen) atoms. The molecule has 0 amide bonds. The minimum atomic E-state index is -0.0876. The number of hydrogen-bond acceptors (Lipinski definition) is 2. The van der Waals surface area contributed by atoms with Gasteiger partial charge in [-0.25, -0.2) is 0 Å². The molecule has 3 rings (SSSR count). The van der Waals surface area contributed by atoms with Crippen LogP contribution in [0.1, 0.15) is 37.3 Å². The number of fused-ring (bicyclic) bond motifs is 1. The van der Waals surface area contributed by atoms with E-state index in [0.29, 0.717) is 0 Å². The molecule has 2 aliphatic rings. The van der Waals surface area contributed by atoms with Gasteiger partial charge in [-0.2, -0.15) is 0 Å². The maximum atomic E-state index is 6.48. The summed E-state index contributed by atoms with van der Waals surface area (Å²) in [7, 11) is 2.21. The van der Waals surface area contributed by atoms with Crippen molar-refractivity contribution in [3.8, 4) is 5.75 Å². The molecule has 0 N–H and O–H groups in total. The molecule has 0 saturated carbocycles. The summed E-state index contributed by atoms with van der Waals surface area (Å²) in [6, 6.07) is 4.31. The van der Waals surface area contributed by atoms with Crippen molar-refractivity contribution in [2.75, 3.05) is 20.1 Å². The Kier molecular flexibility index (Phi) is 3.77. The fraction of sp³-hybridized carbons (Fsp3) is 0.529. The van der Waals surface area contributed by atoms with Crippen LogP contribution in [0.3, 0.4) is 0 Å². The number of ether oxygens (including phenoxy) is 1. The Hall–Kier alpha value is -0.657. The van der Waals surface area contributed by atoms with Crippen LogP contribution in [0, 0.1) is 6.92 Å². The molecule has 0 aromatic heterocycles. The molecule has 0 radical (unpaired) electrons. The Bertz CT molecular complexity index is 566. The van der Waals surface area contributed by atoms with Crippen LogP contribution in [0.2, 0.25) is 0 Å². The number of nitrogens with zero attached hydrogens (tertiary/aromatic N) is 1. The first-order valence-electron chi connectivity index (χ1n) is 7.36. The van der Waals surface area contributed by atoms with Crippen molar-refractivity contribution in [2.24, 2.45) is 0 Å². The first-order valence-corrected chi connectivity index (χ1v) is 8.23. The Morgan fingerprint density at radius 1 is 1.20 bits per heavy atom. The van der Waals surface area contributed by atoms with Crippen LogP contribution in [0.15, 0.2) is 18.2 Å². The van der Waals surface area contributed by atoms with Gasteiger partial charge in [0.2, 0.25) is 0 Å². The molecule has 0 aliphatic carbocycles. The van der Waals surface area contributed by atoms with E-state index in [2.05, 4.69) is 62.3 Å². The molecule has 2 nitrogen and oxygen atoms in total. The number of likely N-dealkylation sites (tertiary alicyclic amines) is 1. The zero-order valence-electron chi connectivity index (χ0n) is 12.5. The van der Waals surface area contributed by atoms with Crippen LogP contribution in [0.5, 0.6) is 5.75 Å². The van der Waals surface area contributed by atoms with Gasteiger partial charge in [0, 0.05) is 0 Å². The second kappa shape index (κ2) is 5.27. The first kappa shape index (κ1) is 14.3. The zero-order valence-corrected chi connectivity index (χ0v) is 14.2. The number of benzene rings is 1. The van der Waals surface area contributed by atoms with E-state index in [0.717, 1.165) is 25.1 Å². The average molecular weight is 357 g/mol. The van der Waals surface area contributed by atoms with Crippen LogP contribution in [0.4, 0.5) is 0 Å². The van der Waals surface area contributed by atoms with Gasteiger partial charge in [0.15, 0.2) is 0 Å². The summed E-state index contributed by atoms with van der Waals surface area (Å²) in [5, 5.41) is 0. The first-order chi connectivity index (χ1) is 9.51. The van der Waals surface area contributed by atoms with E-state index < -0.39 is 0 Å². The fourth-order valence-corrected chi connectivity index (χ4v) is 4.03. The topological polar surface area (TPSA) is 12.5 Å². The average Bonchev–Trinajstić information content (AvgIpc) is 2.57. The van der Waals surface area contributed by atoms with Crippen LogP contribution < -0.4 is 8.89 Å². The molecule has 1 unspecified atom stereocenters. The van der Waals surface area contributed by atoms with Crippen LogP contribution in [0.25, 0.3) is 5.57 Å². The van der Waals surface area contributed by atoms with Crippen LogP contribution in [-0.4, -0.2) is 30.6 Å². The van der Waals surface area contributed by atoms with E-state index in [9.17, 15) is 0 Å². The molecule has 109 valence electrons. The summed E-state index contributed by atoms with van der Waals surface area (Å²) in [4.78, 5) is 2.41. The van der Waals surface area contributed by atoms with Crippen LogP contribution >= 0.6 is 0 Å². The molecule has 1 aromatic rings. The summed E-state index contributed by atoms with van der Waals surface area (Å²) in [5.74, 6) is 1.06. The van der Waals surface area contributed by atoms with Gasteiger partial charge in [-0.15, -0.1) is 0 Å². The van der Waals surface area contributed by atoms with Gasteiger partial charge < -0.3 is 0 Å². The van der Waals surface area contributed by atoms with Crippen molar-refractivity contribution >= 4 is 9.73 Å². The molecule has 3 heteroatoms. The Morgan fingerprint density at radius 2 is 2.00 bits per heavy atom. The third-order valence-electron chi connectivity index (χ3n) is 4.52. The summed E-state index contributed by atoms with van der Waals surface area (Å²) >= 11 is 2.77. The van der Waals surface area contributed by atoms with Gasteiger partial charge in [0.05, 0.1) is 0 Å². The van der Waals surface area contributed by atoms with Gasteiger partial charge in [-0.3, -0.25) is 0 Å². The van der Waals surface area contributed by atoms with Gasteiger partial charge >= 0.3 is 132 Å². The predicted octanol–water partition coefficient (Wildman–Crippen LogP) is 2.82. The van der Waals surface area contributed by atoms with Crippen LogP contribution in [-0.2, 0) is 18.3 Å². The molecule has 0 bridgehead atoms. The van der Waals surface area contributed by atoms with Crippen molar-refractivity contribution in [3.05, 3.63) is 29.3 Å². The van der Waals surface area contributed by atoms with E-state index in [1.807, 2.05) is 0 Å².